The Bertz CT molecular complexity index is 1800. The second-order valence-electron chi connectivity index (χ2n) is 22.3. The minimum Gasteiger partial charge on any atom is -0.462 e. The molecule has 6 nitrogen and oxygen atoms in total. The molecule has 0 heterocycles. The lowest BCUT2D eigenvalue weighted by atomic mass is 10.0. The first-order valence-electron chi connectivity index (χ1n) is 34.3. The van der Waals surface area contributed by atoms with Gasteiger partial charge in [0.2, 0.25) is 0 Å². The van der Waals surface area contributed by atoms with Crippen molar-refractivity contribution in [3.05, 3.63) is 146 Å². The molecule has 0 aliphatic rings. The molecular weight excluding hydrogens is 1020 g/mol. The Morgan fingerprint density at radius 2 is 0.482 bits per heavy atom. The molecule has 0 radical (unpaired) electrons. The average Bonchev–Trinajstić information content (AvgIpc) is 3.49. The van der Waals surface area contributed by atoms with E-state index < -0.39 is 6.10 Å². The fraction of sp³-hybridized carbons (Fsp3) is 0.649. The van der Waals surface area contributed by atoms with Crippen LogP contribution in [0, 0.1) is 0 Å². The molecule has 0 aliphatic heterocycles. The predicted molar refractivity (Wildman–Crippen MR) is 362 cm³/mol. The highest BCUT2D eigenvalue weighted by Gasteiger charge is 2.19. The van der Waals surface area contributed by atoms with Gasteiger partial charge in [-0.2, -0.15) is 0 Å². The number of esters is 3. The Morgan fingerprint density at radius 1 is 0.253 bits per heavy atom. The quantitative estimate of drug-likeness (QED) is 0.0261. The number of hydrogen-bond acceptors (Lipinski definition) is 6. The summed E-state index contributed by atoms with van der Waals surface area (Å²) < 4.78 is 16.9. The molecule has 6 heteroatoms. The van der Waals surface area contributed by atoms with Crippen LogP contribution in [0.1, 0.15) is 303 Å². The Kier molecular flexibility index (Phi) is 65.8. The average molecular weight is 1150 g/mol. The maximum absolute atomic E-state index is 12.9. The minimum atomic E-state index is -0.813. The van der Waals surface area contributed by atoms with Gasteiger partial charge in [-0.3, -0.25) is 14.4 Å². The molecule has 0 rings (SSSR count). The van der Waals surface area contributed by atoms with Crippen LogP contribution in [-0.4, -0.2) is 37.2 Å². The summed E-state index contributed by atoms with van der Waals surface area (Å²) in [5.41, 5.74) is 0. The molecule has 1 unspecified atom stereocenters. The van der Waals surface area contributed by atoms with E-state index in [2.05, 4.69) is 167 Å². The number of rotatable bonds is 61. The van der Waals surface area contributed by atoms with Crippen molar-refractivity contribution in [2.75, 3.05) is 13.2 Å². The van der Waals surface area contributed by atoms with Gasteiger partial charge in [0.15, 0.2) is 6.10 Å². The number of unbranched alkanes of at least 4 members (excludes halogenated alkanes) is 26. The summed E-state index contributed by atoms with van der Waals surface area (Å²) >= 11 is 0. The van der Waals surface area contributed by atoms with Crippen LogP contribution < -0.4 is 0 Å². The van der Waals surface area contributed by atoms with Crippen LogP contribution in [-0.2, 0) is 28.6 Å². The SMILES string of the molecule is CC/C=C\C/C=C\C/C=C\C/C=C\C/C=C\C/C=C\C/C=C\C/C=C\C/C=C\CCCC(=O)OCC(COC(=O)CCCCCCC/C=C\CCCCCC)OC(=O)CCCCCCCCCCCCC/C=C\C/C=C\CCCCCCC. The third kappa shape index (κ3) is 68.0. The van der Waals surface area contributed by atoms with Gasteiger partial charge < -0.3 is 14.2 Å². The first kappa shape index (κ1) is 78.3. The van der Waals surface area contributed by atoms with Crippen LogP contribution in [0.25, 0.3) is 0 Å². The van der Waals surface area contributed by atoms with Crippen molar-refractivity contribution in [2.24, 2.45) is 0 Å². The van der Waals surface area contributed by atoms with Gasteiger partial charge in [0.05, 0.1) is 0 Å². The molecule has 470 valence electrons. The largest absolute Gasteiger partial charge is 0.462 e. The molecule has 83 heavy (non-hydrogen) atoms. The van der Waals surface area contributed by atoms with Gasteiger partial charge in [-0.25, -0.2) is 0 Å². The molecule has 1 atom stereocenters. The lowest BCUT2D eigenvalue weighted by Gasteiger charge is -2.18. The summed E-state index contributed by atoms with van der Waals surface area (Å²) in [5.74, 6) is -0.974. The molecule has 0 aromatic rings. The number of hydrogen-bond donors (Lipinski definition) is 0. The van der Waals surface area contributed by atoms with E-state index >= 15 is 0 Å². The summed E-state index contributed by atoms with van der Waals surface area (Å²) in [6.07, 6.45) is 100. The summed E-state index contributed by atoms with van der Waals surface area (Å²) in [7, 11) is 0. The molecule has 0 aromatic heterocycles. The van der Waals surface area contributed by atoms with E-state index in [1.54, 1.807) is 0 Å². The lowest BCUT2D eigenvalue weighted by Crippen LogP contribution is -2.30. The van der Waals surface area contributed by atoms with Crippen LogP contribution in [0.5, 0.6) is 0 Å². The van der Waals surface area contributed by atoms with Crippen molar-refractivity contribution in [1.82, 2.24) is 0 Å². The minimum absolute atomic E-state index is 0.105. The van der Waals surface area contributed by atoms with Crippen molar-refractivity contribution in [3.8, 4) is 0 Å². The zero-order valence-corrected chi connectivity index (χ0v) is 53.9. The van der Waals surface area contributed by atoms with Crippen LogP contribution in [0.3, 0.4) is 0 Å². The van der Waals surface area contributed by atoms with E-state index in [9.17, 15) is 14.4 Å². The van der Waals surface area contributed by atoms with Gasteiger partial charge in [-0.1, -0.05) is 289 Å². The smallest absolute Gasteiger partial charge is 0.306 e. The summed E-state index contributed by atoms with van der Waals surface area (Å²) in [4.78, 5) is 38.4. The number of allylic oxidation sites excluding steroid dienone is 24. The van der Waals surface area contributed by atoms with Gasteiger partial charge in [0, 0.05) is 19.3 Å². The number of carbonyl (C=O) groups excluding carboxylic acids is 3. The van der Waals surface area contributed by atoms with Gasteiger partial charge in [0.25, 0.3) is 0 Å². The van der Waals surface area contributed by atoms with Crippen LogP contribution in [0.4, 0.5) is 0 Å². The van der Waals surface area contributed by atoms with Crippen molar-refractivity contribution in [2.45, 2.75) is 309 Å². The molecule has 0 aliphatic carbocycles. The standard InChI is InChI=1S/C77H126O6/c1-4-7-10-13-16-19-22-25-27-29-31-33-35-36-37-38-39-40-42-43-45-47-49-52-55-58-61-64-67-70-76(79)82-73-74(72-81-75(78)69-66-63-60-57-54-51-24-21-18-15-12-9-6-3)83-77(80)71-68-65-62-59-56-53-50-48-46-44-41-34-32-30-28-26-23-20-17-14-11-8-5-2/h7,10,16,19,21,23-27,30-33,36-37,39-40,43,45,49,52,58,61,74H,4-6,8-9,11-15,17-18,20,22,28-29,34-35,38,41-42,44,46-48,50-51,53-57,59-60,62-73H2,1-3H3/b10-7-,19-16-,24-21-,26-23-,27-25-,32-30-,33-31-,37-36-,40-39-,45-43-,52-49-,61-58-. The summed E-state index contributed by atoms with van der Waals surface area (Å²) in [6, 6.07) is 0. The van der Waals surface area contributed by atoms with E-state index in [0.717, 1.165) is 122 Å². The topological polar surface area (TPSA) is 78.9 Å². The van der Waals surface area contributed by atoms with Crippen molar-refractivity contribution < 1.29 is 28.6 Å². The van der Waals surface area contributed by atoms with Gasteiger partial charge in [0.1, 0.15) is 13.2 Å². The molecule has 0 bridgehead atoms. The second kappa shape index (κ2) is 69.8. The summed E-state index contributed by atoms with van der Waals surface area (Å²) in [5, 5.41) is 0. The predicted octanol–water partition coefficient (Wildman–Crippen LogP) is 23.9. The summed E-state index contributed by atoms with van der Waals surface area (Å²) in [6.45, 7) is 6.46. The van der Waals surface area contributed by atoms with Gasteiger partial charge in [-0.05, 0) is 141 Å². The Morgan fingerprint density at radius 3 is 0.807 bits per heavy atom. The van der Waals surface area contributed by atoms with E-state index in [1.807, 2.05) is 0 Å². The van der Waals surface area contributed by atoms with E-state index in [4.69, 9.17) is 14.2 Å². The Labute approximate surface area is 512 Å². The third-order valence-corrected chi connectivity index (χ3v) is 14.3. The molecule has 0 saturated heterocycles. The van der Waals surface area contributed by atoms with E-state index in [0.29, 0.717) is 19.3 Å². The van der Waals surface area contributed by atoms with Crippen molar-refractivity contribution >= 4 is 17.9 Å². The molecule has 0 spiro atoms. The van der Waals surface area contributed by atoms with Crippen LogP contribution in [0.2, 0.25) is 0 Å². The lowest BCUT2D eigenvalue weighted by molar-refractivity contribution is -0.167. The molecule has 0 amide bonds. The highest BCUT2D eigenvalue weighted by atomic mass is 16.6. The van der Waals surface area contributed by atoms with Gasteiger partial charge >= 0.3 is 17.9 Å². The third-order valence-electron chi connectivity index (χ3n) is 14.3. The highest BCUT2D eigenvalue weighted by Crippen LogP contribution is 2.15. The zero-order valence-electron chi connectivity index (χ0n) is 53.9. The zero-order chi connectivity index (χ0) is 59.9. The monoisotopic (exact) mass is 1150 g/mol. The molecule has 0 aromatic carbocycles. The number of carbonyl (C=O) groups is 3. The normalized spacial score (nSPS) is 13.0. The maximum atomic E-state index is 12.9. The second-order valence-corrected chi connectivity index (χ2v) is 22.3. The molecule has 0 fully saturated rings. The first-order valence-corrected chi connectivity index (χ1v) is 34.3. The first-order chi connectivity index (χ1) is 41.0. The Balaban J connectivity index is 4.44. The van der Waals surface area contributed by atoms with E-state index in [-0.39, 0.29) is 37.5 Å². The van der Waals surface area contributed by atoms with Crippen molar-refractivity contribution in [3.63, 3.8) is 0 Å². The van der Waals surface area contributed by atoms with Crippen LogP contribution >= 0.6 is 0 Å². The van der Waals surface area contributed by atoms with Crippen molar-refractivity contribution in [1.29, 1.82) is 0 Å². The highest BCUT2D eigenvalue weighted by molar-refractivity contribution is 5.71. The Hall–Kier alpha value is -4.71. The van der Waals surface area contributed by atoms with Gasteiger partial charge in [-0.15, -0.1) is 0 Å². The molecule has 0 N–H and O–H groups in total. The fourth-order valence-corrected chi connectivity index (χ4v) is 9.18. The fourth-order valence-electron chi connectivity index (χ4n) is 9.18. The van der Waals surface area contributed by atoms with E-state index in [1.165, 1.54) is 135 Å². The maximum Gasteiger partial charge on any atom is 0.306 e. The number of ether oxygens (including phenoxy) is 3. The molecular formula is C77H126O6. The van der Waals surface area contributed by atoms with Crippen LogP contribution in [0.15, 0.2) is 146 Å². The molecule has 0 saturated carbocycles.